The van der Waals surface area contributed by atoms with Gasteiger partial charge < -0.3 is 31.9 Å². The summed E-state index contributed by atoms with van der Waals surface area (Å²) < 4.78 is 20.7. The van der Waals surface area contributed by atoms with Gasteiger partial charge in [-0.05, 0) is 30.3 Å². The minimum Gasteiger partial charge on any atom is -1.00 e. The molecule has 2 N–H and O–H groups in total. The van der Waals surface area contributed by atoms with Crippen LogP contribution in [0.3, 0.4) is 0 Å². The summed E-state index contributed by atoms with van der Waals surface area (Å²) in [6.45, 7) is -0.410. The standard InChI is InChI=1S/C17H17FNO3.BrH/c1-22-14-3-4-15-11(6-14)8-19(13(9-20)10-21)17-5-2-12(18)7-16(15)17;/h2-8,13,20-21H,9-10H2,1H3;1H/q+1;/p-1. The Labute approximate surface area is 143 Å². The first-order chi connectivity index (χ1) is 10.7. The average Bonchev–Trinajstić information content (AvgIpc) is 2.55. The number of halogens is 2. The van der Waals surface area contributed by atoms with Crippen molar-refractivity contribution in [3.63, 3.8) is 0 Å². The Morgan fingerprint density at radius 3 is 2.48 bits per heavy atom. The van der Waals surface area contributed by atoms with Crippen LogP contribution in [-0.4, -0.2) is 30.5 Å². The molecule has 23 heavy (non-hydrogen) atoms. The van der Waals surface area contributed by atoms with E-state index in [1.807, 2.05) is 24.4 Å². The highest BCUT2D eigenvalue weighted by atomic mass is 79.9. The van der Waals surface area contributed by atoms with E-state index in [9.17, 15) is 14.6 Å². The van der Waals surface area contributed by atoms with E-state index >= 15 is 0 Å². The van der Waals surface area contributed by atoms with Gasteiger partial charge in [0.2, 0.25) is 11.6 Å². The van der Waals surface area contributed by atoms with Crippen LogP contribution in [0.5, 0.6) is 5.75 Å². The number of aliphatic hydroxyl groups excluding tert-OH is 2. The van der Waals surface area contributed by atoms with Gasteiger partial charge in [-0.2, -0.15) is 4.57 Å². The number of benzene rings is 2. The molecule has 4 nitrogen and oxygen atoms in total. The first kappa shape index (κ1) is 17.6. The third-order valence-electron chi connectivity index (χ3n) is 3.88. The molecule has 0 unspecified atom stereocenters. The second-order valence-corrected chi connectivity index (χ2v) is 5.17. The summed E-state index contributed by atoms with van der Waals surface area (Å²) in [5.41, 5.74) is 0.757. The van der Waals surface area contributed by atoms with E-state index in [0.29, 0.717) is 5.75 Å². The Hall–Kier alpha value is -1.76. The van der Waals surface area contributed by atoms with Crippen molar-refractivity contribution in [1.29, 1.82) is 0 Å². The maximum atomic E-state index is 13.7. The minimum absolute atomic E-state index is 0. The quantitative estimate of drug-likeness (QED) is 0.448. The molecule has 0 saturated carbocycles. The highest BCUT2D eigenvalue weighted by Gasteiger charge is 2.22. The number of aliphatic hydroxyl groups is 2. The zero-order valence-corrected chi connectivity index (χ0v) is 14.1. The molecule has 0 aliphatic heterocycles. The van der Waals surface area contributed by atoms with Crippen molar-refractivity contribution >= 4 is 21.7 Å². The van der Waals surface area contributed by atoms with Gasteiger partial charge in [0, 0.05) is 11.5 Å². The lowest BCUT2D eigenvalue weighted by molar-refractivity contribution is -0.700. The number of hydrogen-bond donors (Lipinski definition) is 2. The molecular weight excluding hydrogens is 365 g/mol. The fourth-order valence-corrected chi connectivity index (χ4v) is 2.72. The molecule has 0 aliphatic carbocycles. The second kappa shape index (κ2) is 7.21. The first-order valence-electron chi connectivity index (χ1n) is 7.01. The summed E-state index contributed by atoms with van der Waals surface area (Å²) in [7, 11) is 1.58. The maximum Gasteiger partial charge on any atom is 0.213 e. The summed E-state index contributed by atoms with van der Waals surface area (Å²) >= 11 is 0. The Morgan fingerprint density at radius 1 is 1.09 bits per heavy atom. The molecule has 122 valence electrons. The lowest BCUT2D eigenvalue weighted by Gasteiger charge is -2.12. The van der Waals surface area contributed by atoms with Gasteiger partial charge in [-0.3, -0.25) is 0 Å². The minimum atomic E-state index is -0.483. The SMILES string of the molecule is COc1ccc2c(c1)c[n+](C(CO)CO)c1ccc(F)cc21.[Br-]. The molecule has 0 amide bonds. The van der Waals surface area contributed by atoms with Crippen LogP contribution in [0.15, 0.2) is 42.6 Å². The van der Waals surface area contributed by atoms with E-state index in [-0.39, 0.29) is 36.0 Å². The molecule has 3 rings (SSSR count). The van der Waals surface area contributed by atoms with E-state index in [0.717, 1.165) is 21.7 Å². The Balaban J connectivity index is 0.00000192. The highest BCUT2D eigenvalue weighted by Crippen LogP contribution is 2.27. The van der Waals surface area contributed by atoms with Crippen LogP contribution >= 0.6 is 0 Å². The Bertz CT molecular complexity index is 837. The second-order valence-electron chi connectivity index (χ2n) is 5.17. The molecule has 1 heterocycles. The van der Waals surface area contributed by atoms with Gasteiger partial charge in [-0.15, -0.1) is 0 Å². The Kier molecular flexibility index (Phi) is 5.51. The third kappa shape index (κ3) is 3.15. The number of ether oxygens (including phenoxy) is 1. The van der Waals surface area contributed by atoms with Gasteiger partial charge in [0.15, 0.2) is 6.20 Å². The lowest BCUT2D eigenvalue weighted by atomic mass is 10.0. The molecule has 6 heteroatoms. The molecule has 3 aromatic rings. The first-order valence-corrected chi connectivity index (χ1v) is 7.01. The Morgan fingerprint density at radius 2 is 1.83 bits per heavy atom. The molecule has 2 aromatic carbocycles. The number of hydrogen-bond acceptors (Lipinski definition) is 3. The predicted octanol–water partition coefficient (Wildman–Crippen LogP) is -1.04. The van der Waals surface area contributed by atoms with Crippen LogP contribution in [0.1, 0.15) is 6.04 Å². The van der Waals surface area contributed by atoms with E-state index in [4.69, 9.17) is 4.74 Å². The van der Waals surface area contributed by atoms with Crippen LogP contribution in [0, 0.1) is 5.82 Å². The van der Waals surface area contributed by atoms with Crippen LogP contribution in [0.25, 0.3) is 21.7 Å². The number of rotatable bonds is 4. The smallest absolute Gasteiger partial charge is 0.213 e. The largest absolute Gasteiger partial charge is 1.00 e. The number of nitrogens with zero attached hydrogens (tertiary/aromatic N) is 1. The van der Waals surface area contributed by atoms with Crippen molar-refractivity contribution in [3.05, 3.63) is 48.4 Å². The summed E-state index contributed by atoms with van der Waals surface area (Å²) in [5.74, 6) is 0.367. The van der Waals surface area contributed by atoms with Crippen molar-refractivity contribution < 1.29 is 40.9 Å². The average molecular weight is 382 g/mol. The molecule has 0 radical (unpaired) electrons. The summed E-state index contributed by atoms with van der Waals surface area (Å²) in [5, 5.41) is 21.4. The fraction of sp³-hybridized carbons (Fsp3) is 0.235. The molecular formula is C17H17BrFNO3. The molecule has 0 spiro atoms. The molecule has 0 bridgehead atoms. The van der Waals surface area contributed by atoms with Crippen molar-refractivity contribution in [1.82, 2.24) is 0 Å². The van der Waals surface area contributed by atoms with E-state index in [1.165, 1.54) is 12.1 Å². The lowest BCUT2D eigenvalue weighted by Crippen LogP contribution is -3.00. The number of pyridine rings is 1. The van der Waals surface area contributed by atoms with Crippen LogP contribution in [0.4, 0.5) is 4.39 Å². The summed E-state index contributed by atoms with van der Waals surface area (Å²) in [4.78, 5) is 0. The monoisotopic (exact) mass is 381 g/mol. The van der Waals surface area contributed by atoms with Gasteiger partial charge in [0.25, 0.3) is 0 Å². The molecule has 1 aromatic heterocycles. The van der Waals surface area contributed by atoms with E-state index in [2.05, 4.69) is 0 Å². The van der Waals surface area contributed by atoms with Gasteiger partial charge in [0.1, 0.15) is 24.8 Å². The molecule has 0 saturated heterocycles. The van der Waals surface area contributed by atoms with Gasteiger partial charge in [-0.1, -0.05) is 0 Å². The molecule has 0 aliphatic rings. The third-order valence-corrected chi connectivity index (χ3v) is 3.88. The van der Waals surface area contributed by atoms with Crippen molar-refractivity contribution in [2.45, 2.75) is 6.04 Å². The summed E-state index contributed by atoms with van der Waals surface area (Å²) in [6.07, 6.45) is 1.84. The van der Waals surface area contributed by atoms with Gasteiger partial charge >= 0.3 is 0 Å². The van der Waals surface area contributed by atoms with Crippen molar-refractivity contribution in [2.75, 3.05) is 20.3 Å². The highest BCUT2D eigenvalue weighted by molar-refractivity contribution is 6.04. The number of fused-ring (bicyclic) bond motifs is 3. The fourth-order valence-electron chi connectivity index (χ4n) is 2.72. The summed E-state index contributed by atoms with van der Waals surface area (Å²) in [6, 6.07) is 9.57. The number of methoxy groups -OCH3 is 1. The topological polar surface area (TPSA) is 53.6 Å². The normalized spacial score (nSPS) is 11.0. The maximum absolute atomic E-state index is 13.7. The zero-order valence-electron chi connectivity index (χ0n) is 12.5. The number of aromatic nitrogens is 1. The van der Waals surface area contributed by atoms with Crippen LogP contribution in [-0.2, 0) is 0 Å². The van der Waals surface area contributed by atoms with Crippen molar-refractivity contribution in [3.8, 4) is 5.75 Å². The van der Waals surface area contributed by atoms with Gasteiger partial charge in [0.05, 0.1) is 17.9 Å². The van der Waals surface area contributed by atoms with Crippen molar-refractivity contribution in [2.24, 2.45) is 0 Å². The molecule has 0 fully saturated rings. The zero-order chi connectivity index (χ0) is 15.7. The molecule has 0 atom stereocenters. The van der Waals surface area contributed by atoms with Gasteiger partial charge in [-0.25, -0.2) is 4.39 Å². The predicted molar refractivity (Wildman–Crippen MR) is 81.4 cm³/mol. The van der Waals surface area contributed by atoms with E-state index < -0.39 is 6.04 Å². The van der Waals surface area contributed by atoms with E-state index in [1.54, 1.807) is 17.7 Å². The van der Waals surface area contributed by atoms with Crippen LogP contribution < -0.4 is 26.3 Å². The van der Waals surface area contributed by atoms with Crippen LogP contribution in [0.2, 0.25) is 0 Å².